The van der Waals surface area contributed by atoms with Crippen molar-refractivity contribution < 1.29 is 9.21 Å². The number of carbonyl (C=O) groups is 1. The molecule has 0 aliphatic heterocycles. The maximum Gasteiger partial charge on any atom is 0.234 e. The van der Waals surface area contributed by atoms with Crippen LogP contribution in [0.1, 0.15) is 24.3 Å². The van der Waals surface area contributed by atoms with E-state index in [1.54, 1.807) is 6.26 Å². The van der Waals surface area contributed by atoms with Crippen LogP contribution in [0.25, 0.3) is 0 Å². The Bertz CT molecular complexity index is 584. The smallest absolute Gasteiger partial charge is 0.234 e. The summed E-state index contributed by atoms with van der Waals surface area (Å²) in [6.45, 7) is 2.96. The molecule has 2 aromatic rings. The molecule has 1 N–H and O–H groups in total. The Morgan fingerprint density at radius 2 is 2.10 bits per heavy atom. The third-order valence-corrected chi connectivity index (χ3v) is 3.93. The first-order valence-corrected chi connectivity index (χ1v) is 7.60. The van der Waals surface area contributed by atoms with Gasteiger partial charge in [0, 0.05) is 11.0 Å². The van der Waals surface area contributed by atoms with Crippen molar-refractivity contribution >= 4 is 21.8 Å². The standard InChI is InChI=1S/C16H19BrN2O2/c1-12(15-8-5-9-21-15)18-16(20)11-19(2)10-13-6-3-4-7-14(13)17/h3-9,12H,10-11H2,1-2H3,(H,18,20)/t12-/m1/s1. The summed E-state index contributed by atoms with van der Waals surface area (Å²) in [7, 11) is 1.93. The molecule has 1 aromatic carbocycles. The van der Waals surface area contributed by atoms with E-state index in [2.05, 4.69) is 21.2 Å². The fourth-order valence-electron chi connectivity index (χ4n) is 2.11. The number of likely N-dealkylation sites (N-methyl/N-ethyl adjacent to an activating group) is 1. The summed E-state index contributed by atoms with van der Waals surface area (Å²) in [5.41, 5.74) is 1.16. The molecule has 1 heterocycles. The van der Waals surface area contributed by atoms with Gasteiger partial charge in [-0.05, 0) is 37.7 Å². The van der Waals surface area contributed by atoms with Crippen LogP contribution >= 0.6 is 15.9 Å². The van der Waals surface area contributed by atoms with Crippen molar-refractivity contribution in [2.75, 3.05) is 13.6 Å². The van der Waals surface area contributed by atoms with Crippen LogP contribution in [0.4, 0.5) is 0 Å². The lowest BCUT2D eigenvalue weighted by Gasteiger charge is -2.18. The Kier molecular flexibility index (Phi) is 5.59. The Hall–Kier alpha value is -1.59. The number of benzene rings is 1. The maximum atomic E-state index is 12.0. The van der Waals surface area contributed by atoms with E-state index in [1.165, 1.54) is 0 Å². The van der Waals surface area contributed by atoms with E-state index in [1.807, 2.05) is 55.3 Å². The Morgan fingerprint density at radius 1 is 1.33 bits per heavy atom. The number of halogens is 1. The van der Waals surface area contributed by atoms with Crippen LogP contribution < -0.4 is 5.32 Å². The molecule has 21 heavy (non-hydrogen) atoms. The van der Waals surface area contributed by atoms with E-state index in [4.69, 9.17) is 4.42 Å². The second-order valence-corrected chi connectivity index (χ2v) is 5.92. The van der Waals surface area contributed by atoms with Crippen molar-refractivity contribution in [1.82, 2.24) is 10.2 Å². The Morgan fingerprint density at radius 3 is 2.76 bits per heavy atom. The quantitative estimate of drug-likeness (QED) is 0.868. The van der Waals surface area contributed by atoms with Gasteiger partial charge in [-0.3, -0.25) is 9.69 Å². The molecule has 112 valence electrons. The van der Waals surface area contributed by atoms with Crippen LogP contribution in [0.5, 0.6) is 0 Å². The van der Waals surface area contributed by atoms with Gasteiger partial charge in [0.15, 0.2) is 0 Å². The summed E-state index contributed by atoms with van der Waals surface area (Å²) in [5, 5.41) is 2.93. The fraction of sp³-hybridized carbons (Fsp3) is 0.312. The van der Waals surface area contributed by atoms with Crippen LogP contribution in [-0.2, 0) is 11.3 Å². The number of rotatable bonds is 6. The molecule has 0 spiro atoms. The van der Waals surface area contributed by atoms with Gasteiger partial charge in [0.2, 0.25) is 5.91 Å². The van der Waals surface area contributed by atoms with Gasteiger partial charge in [0.25, 0.3) is 0 Å². The van der Waals surface area contributed by atoms with Crippen LogP contribution in [-0.4, -0.2) is 24.4 Å². The number of carbonyl (C=O) groups excluding carboxylic acids is 1. The molecule has 1 amide bonds. The molecule has 1 aromatic heterocycles. The zero-order valence-corrected chi connectivity index (χ0v) is 13.8. The Balaban J connectivity index is 1.83. The van der Waals surface area contributed by atoms with Crippen molar-refractivity contribution in [3.8, 4) is 0 Å². The molecule has 0 unspecified atom stereocenters. The van der Waals surface area contributed by atoms with E-state index in [0.29, 0.717) is 13.1 Å². The molecule has 0 aliphatic carbocycles. The van der Waals surface area contributed by atoms with Crippen LogP contribution in [0.3, 0.4) is 0 Å². The second kappa shape index (κ2) is 7.43. The lowest BCUT2D eigenvalue weighted by Crippen LogP contribution is -2.36. The van der Waals surface area contributed by atoms with Gasteiger partial charge in [-0.15, -0.1) is 0 Å². The number of amides is 1. The summed E-state index contributed by atoms with van der Waals surface area (Å²) in [5.74, 6) is 0.741. The molecule has 0 radical (unpaired) electrons. The molecule has 0 aliphatic rings. The summed E-state index contributed by atoms with van der Waals surface area (Å²) in [6.07, 6.45) is 1.61. The Labute approximate surface area is 133 Å². The molecule has 4 nitrogen and oxygen atoms in total. The zero-order chi connectivity index (χ0) is 15.2. The first kappa shape index (κ1) is 15.8. The van der Waals surface area contributed by atoms with Crippen molar-refractivity contribution in [3.63, 3.8) is 0 Å². The number of nitrogens with one attached hydrogen (secondary N) is 1. The number of furan rings is 1. The summed E-state index contributed by atoms with van der Waals surface area (Å²) < 4.78 is 6.33. The molecule has 0 saturated heterocycles. The van der Waals surface area contributed by atoms with Gasteiger partial charge in [0.1, 0.15) is 5.76 Å². The average Bonchev–Trinajstić information content (AvgIpc) is 2.95. The minimum Gasteiger partial charge on any atom is -0.467 e. The van der Waals surface area contributed by atoms with Crippen LogP contribution in [0.15, 0.2) is 51.6 Å². The highest BCUT2D eigenvalue weighted by molar-refractivity contribution is 9.10. The van der Waals surface area contributed by atoms with E-state index in [0.717, 1.165) is 15.8 Å². The number of hydrogen-bond donors (Lipinski definition) is 1. The molecular weight excluding hydrogens is 332 g/mol. The van der Waals surface area contributed by atoms with Gasteiger partial charge >= 0.3 is 0 Å². The molecule has 0 saturated carbocycles. The third kappa shape index (κ3) is 4.72. The second-order valence-electron chi connectivity index (χ2n) is 5.07. The summed E-state index contributed by atoms with van der Waals surface area (Å²) in [4.78, 5) is 14.0. The lowest BCUT2D eigenvalue weighted by molar-refractivity contribution is -0.122. The fourth-order valence-corrected chi connectivity index (χ4v) is 2.52. The lowest BCUT2D eigenvalue weighted by atomic mass is 10.2. The highest BCUT2D eigenvalue weighted by atomic mass is 79.9. The first-order valence-electron chi connectivity index (χ1n) is 6.81. The highest BCUT2D eigenvalue weighted by Crippen LogP contribution is 2.17. The highest BCUT2D eigenvalue weighted by Gasteiger charge is 2.13. The topological polar surface area (TPSA) is 45.5 Å². The third-order valence-electron chi connectivity index (χ3n) is 3.16. The average molecular weight is 351 g/mol. The molecule has 5 heteroatoms. The first-order chi connectivity index (χ1) is 10.1. The monoisotopic (exact) mass is 350 g/mol. The van der Waals surface area contributed by atoms with Gasteiger partial charge in [0.05, 0.1) is 18.8 Å². The minimum absolute atomic E-state index is 0.0200. The zero-order valence-electron chi connectivity index (χ0n) is 12.2. The molecule has 1 atom stereocenters. The summed E-state index contributed by atoms with van der Waals surface area (Å²) in [6, 6.07) is 11.6. The van der Waals surface area contributed by atoms with E-state index >= 15 is 0 Å². The molecular formula is C16H19BrN2O2. The minimum atomic E-state index is -0.121. The normalized spacial score (nSPS) is 12.4. The SMILES string of the molecule is C[C@@H](NC(=O)CN(C)Cc1ccccc1Br)c1ccco1. The summed E-state index contributed by atoms with van der Waals surface area (Å²) >= 11 is 3.52. The molecule has 0 bridgehead atoms. The van der Waals surface area contributed by atoms with Crippen molar-refractivity contribution in [2.45, 2.75) is 19.5 Å². The van der Waals surface area contributed by atoms with Gasteiger partial charge in [-0.25, -0.2) is 0 Å². The van der Waals surface area contributed by atoms with Crippen LogP contribution in [0, 0.1) is 0 Å². The van der Waals surface area contributed by atoms with Gasteiger partial charge in [-0.1, -0.05) is 34.1 Å². The number of nitrogens with zero attached hydrogens (tertiary/aromatic N) is 1. The predicted molar refractivity (Wildman–Crippen MR) is 85.7 cm³/mol. The molecule has 2 rings (SSSR count). The van der Waals surface area contributed by atoms with Gasteiger partial charge < -0.3 is 9.73 Å². The van der Waals surface area contributed by atoms with Crippen molar-refractivity contribution in [3.05, 3.63) is 58.5 Å². The van der Waals surface area contributed by atoms with E-state index in [9.17, 15) is 4.79 Å². The van der Waals surface area contributed by atoms with E-state index < -0.39 is 0 Å². The van der Waals surface area contributed by atoms with Gasteiger partial charge in [-0.2, -0.15) is 0 Å². The maximum absolute atomic E-state index is 12.0. The molecule has 0 fully saturated rings. The van der Waals surface area contributed by atoms with Crippen molar-refractivity contribution in [1.29, 1.82) is 0 Å². The largest absolute Gasteiger partial charge is 0.467 e. The van der Waals surface area contributed by atoms with Crippen molar-refractivity contribution in [2.24, 2.45) is 0 Å². The van der Waals surface area contributed by atoms with E-state index in [-0.39, 0.29) is 11.9 Å². The van der Waals surface area contributed by atoms with Crippen LogP contribution in [0.2, 0.25) is 0 Å². The predicted octanol–water partition coefficient (Wildman–Crippen LogP) is 3.35. The number of hydrogen-bond acceptors (Lipinski definition) is 3.